The molecule has 8 aromatic carbocycles. The van der Waals surface area contributed by atoms with Gasteiger partial charge in [0.2, 0.25) is 47.4 Å². The number of nitrogens with zero attached hydrogens (tertiary/aromatic N) is 16. The van der Waals surface area contributed by atoms with Gasteiger partial charge in [-0.2, -0.15) is 0 Å². The number of hydrogen-bond donors (Lipinski definition) is 4. The van der Waals surface area contributed by atoms with E-state index in [0.717, 1.165) is 198 Å². The van der Waals surface area contributed by atoms with Crippen LogP contribution in [-0.2, 0) is 102 Å². The molecule has 0 unspecified atom stereocenters. The zero-order valence-electron chi connectivity index (χ0n) is 85.4. The number of carbonyl (C=O) groups is 4. The van der Waals surface area contributed by atoms with Gasteiger partial charge < -0.3 is 60.5 Å². The Morgan fingerprint density at radius 2 is 0.568 bits per heavy atom. The maximum absolute atomic E-state index is 14.9. The Bertz CT molecular complexity index is 6800. The van der Waals surface area contributed by atoms with Crippen LogP contribution < -0.4 is 21.3 Å². The molecule has 0 atom stereocenters. The van der Waals surface area contributed by atoms with Gasteiger partial charge in [-0.05, 0) is 260 Å². The van der Waals surface area contributed by atoms with Crippen LogP contribution in [0.2, 0.25) is 25.1 Å². The first-order valence-corrected chi connectivity index (χ1v) is 54.0. The minimum atomic E-state index is -3.41. The maximum Gasteiger partial charge on any atom is 0.227 e. The van der Waals surface area contributed by atoms with E-state index in [2.05, 4.69) is 86.9 Å². The first kappa shape index (κ1) is 111. The highest BCUT2D eigenvalue weighted by Crippen LogP contribution is 2.33. The molecule has 28 nitrogen and oxygen atoms in total. The first-order chi connectivity index (χ1) is 69.3. The fourth-order valence-electron chi connectivity index (χ4n) is 16.2. The molecule has 4 N–H and O–H groups in total. The van der Waals surface area contributed by atoms with Crippen molar-refractivity contribution in [3.63, 3.8) is 0 Å². The number of piperazine rings is 4. The van der Waals surface area contributed by atoms with E-state index in [1.54, 1.807) is 95.2 Å². The SMILES string of the molecule is Cc1cnc(Nc2ccc(CC(=O)N3CCN(C)CC3)c(F)c2)nc1Cc1ccc(Cl)c(CS(=O)(=O)C(C)(C)C)c1.Cc1cnc(Nc2ccc(CC(=O)N3CCN(C)CC3)cc2)nc1Cc1ccc(Cl)c(CS(=O)(=O)C(C)(C)C)c1.Cc1cnc(Nc2ccc(CC(=O)N3CCN(C)CC3)cc2)nc1Cc1ccc(Cl)c(Cl)c1.Cc1cnc(Nc2ccc(CC(=O)N3CCN(C)CC3)cc2)nc1Cc1ccc(Cl)cc1. The number of hydrogen-bond acceptors (Lipinski definition) is 24. The maximum atomic E-state index is 14.9. The number of amides is 4. The van der Waals surface area contributed by atoms with Gasteiger partial charge in [0.25, 0.3) is 0 Å². The van der Waals surface area contributed by atoms with Crippen molar-refractivity contribution >= 4 is 148 Å². The van der Waals surface area contributed by atoms with E-state index >= 15 is 0 Å². The second-order valence-electron chi connectivity index (χ2n) is 39.8. The molecule has 0 radical (unpaired) electrons. The number of halogens is 6. The molecule has 0 aliphatic carbocycles. The summed E-state index contributed by atoms with van der Waals surface area (Å²) >= 11 is 30.9. The fraction of sp³-hybridized carbons (Fsp3) is 0.382. The molecule has 4 aliphatic rings. The van der Waals surface area contributed by atoms with Crippen molar-refractivity contribution in [1.29, 1.82) is 0 Å². The summed E-state index contributed by atoms with van der Waals surface area (Å²) in [4.78, 5) is 103. The second kappa shape index (κ2) is 50.8. The Morgan fingerprint density at radius 1 is 0.308 bits per heavy atom. The molecule has 0 saturated carbocycles. The molecular formula is C110H130Cl5FN20O8S2. The average Bonchev–Trinajstić information content (AvgIpc) is 0.799. The van der Waals surface area contributed by atoms with Gasteiger partial charge in [0.15, 0.2) is 19.7 Å². The summed E-state index contributed by atoms with van der Waals surface area (Å²) in [6, 6.07) is 52.4. The number of rotatable bonds is 28. The van der Waals surface area contributed by atoms with Crippen LogP contribution in [0.4, 0.5) is 50.9 Å². The van der Waals surface area contributed by atoms with E-state index in [4.69, 9.17) is 73.0 Å². The highest BCUT2D eigenvalue weighted by Gasteiger charge is 2.33. The van der Waals surface area contributed by atoms with Gasteiger partial charge >= 0.3 is 0 Å². The molecule has 12 aromatic rings. The summed E-state index contributed by atoms with van der Waals surface area (Å²) in [6.45, 7) is 31.2. The van der Waals surface area contributed by atoms with E-state index in [1.165, 1.54) is 6.07 Å². The van der Waals surface area contributed by atoms with E-state index < -0.39 is 35.0 Å². The highest BCUT2D eigenvalue weighted by molar-refractivity contribution is 7.92. The Hall–Kier alpha value is -11.7. The van der Waals surface area contributed by atoms with Crippen molar-refractivity contribution < 1.29 is 40.4 Å². The van der Waals surface area contributed by atoms with Crippen molar-refractivity contribution in [3.8, 4) is 0 Å². The number of aromatic nitrogens is 8. The van der Waals surface area contributed by atoms with Gasteiger partial charge in [-0.1, -0.05) is 143 Å². The monoisotopic (exact) mass is 2120 g/mol. The van der Waals surface area contributed by atoms with Crippen molar-refractivity contribution in [3.05, 3.63) is 326 Å². The molecule has 146 heavy (non-hydrogen) atoms. The lowest BCUT2D eigenvalue weighted by molar-refractivity contribution is -0.132. The number of carbonyl (C=O) groups excluding carboxylic acids is 4. The molecule has 4 aliphatic heterocycles. The van der Waals surface area contributed by atoms with Gasteiger partial charge in [-0.3, -0.25) is 19.2 Å². The summed E-state index contributed by atoms with van der Waals surface area (Å²) in [5.74, 6) is 1.55. The summed E-state index contributed by atoms with van der Waals surface area (Å²) < 4.78 is 64.2. The quantitative estimate of drug-likeness (QED) is 0.0354. The molecule has 772 valence electrons. The third-order valence-corrected chi connectivity index (χ3v) is 33.1. The van der Waals surface area contributed by atoms with Crippen LogP contribution in [0.15, 0.2) is 195 Å². The Morgan fingerprint density at radius 3 is 0.863 bits per heavy atom. The van der Waals surface area contributed by atoms with E-state index in [-0.39, 0.29) is 41.6 Å². The van der Waals surface area contributed by atoms with Gasteiger partial charge in [0.1, 0.15) is 5.82 Å². The van der Waals surface area contributed by atoms with Crippen LogP contribution in [0.5, 0.6) is 0 Å². The standard InChI is InChI=1S/C30H37ClFN5O3S.C30H38ClN5O3S.C25H27Cl2N5O.C25H28ClN5O/c1-20-18-33-29(34-24-8-7-22(26(32)17-24)16-28(38)37-12-10-36(5)11-13-37)35-27(20)15-21-6-9-25(31)23(14-21)19-41(39,40)30(2,3)4;1-21-19-32-29(33-25-9-6-22(7-10-25)18-28(37)36-14-12-35(5)13-15-36)34-27(21)17-23-8-11-26(31)24(16-23)20-40(38,39)30(2,3)4;1-17-16-28-25(30-23(17)14-19-5-8-21(26)22(27)13-19)29-20-6-3-18(4-7-20)15-24(33)32-11-9-31(2)10-12-32;1-18-17-27-25(29-23(18)15-19-3-7-21(26)8-4-19)28-22-9-5-20(6-10-22)16-24(32)31-13-11-30(2)12-14-31/h6-9,14,17-18H,10-13,15-16,19H2,1-5H3,(H,33,34,35);6-11,16,19H,12-15,17-18,20H2,1-5H3,(H,32,33,34);3-8,13,16H,9-12,14-15H2,1-2H3,(H,28,29,30);3-10,17H,11-16H2,1-2H3,(H,27,28,29). The van der Waals surface area contributed by atoms with Crippen LogP contribution in [0.3, 0.4) is 0 Å². The fourth-order valence-corrected chi connectivity index (χ4v) is 19.3. The summed E-state index contributed by atoms with van der Waals surface area (Å²) in [7, 11) is 1.49. The minimum Gasteiger partial charge on any atom is -0.340 e. The molecule has 4 fully saturated rings. The molecule has 8 heterocycles. The summed E-state index contributed by atoms with van der Waals surface area (Å²) in [5, 5.41) is 15.5. The number of sulfone groups is 2. The predicted octanol–water partition coefficient (Wildman–Crippen LogP) is 18.6. The predicted molar refractivity (Wildman–Crippen MR) is 584 cm³/mol. The number of likely N-dealkylation sites (N-methyl/N-ethyl adjacent to an activating group) is 4. The Kier molecular flexibility index (Phi) is 38.8. The van der Waals surface area contributed by atoms with E-state index in [0.29, 0.717) is 124 Å². The third-order valence-electron chi connectivity index (χ3n) is 26.2. The van der Waals surface area contributed by atoms with Crippen LogP contribution in [0.25, 0.3) is 0 Å². The second-order valence-corrected chi connectivity index (χ2v) is 47.4. The average molecular weight is 2120 g/mol. The minimum absolute atomic E-state index is 0.0150. The molecule has 0 spiro atoms. The third kappa shape index (κ3) is 32.6. The zero-order chi connectivity index (χ0) is 105. The van der Waals surface area contributed by atoms with Gasteiger partial charge in [-0.25, -0.2) is 61.1 Å². The van der Waals surface area contributed by atoms with Gasteiger partial charge in [0, 0.05) is 193 Å². The molecule has 4 amide bonds. The van der Waals surface area contributed by atoms with E-state index in [9.17, 15) is 40.4 Å². The molecule has 4 aromatic heterocycles. The lowest BCUT2D eigenvalue weighted by Gasteiger charge is -2.32. The van der Waals surface area contributed by atoms with E-state index in [1.807, 2.05) is 189 Å². The molecule has 36 heteroatoms. The number of nitrogens with one attached hydrogen (secondary N) is 4. The highest BCUT2D eigenvalue weighted by atomic mass is 35.5. The molecule has 4 saturated heterocycles. The summed E-state index contributed by atoms with van der Waals surface area (Å²) in [5.41, 5.74) is 18.8. The van der Waals surface area contributed by atoms with Gasteiger partial charge in [-0.15, -0.1) is 0 Å². The number of aryl methyl sites for hydroxylation is 4. The molecule has 0 bridgehead atoms. The number of anilines is 8. The smallest absolute Gasteiger partial charge is 0.227 e. The Balaban J connectivity index is 0.000000164. The van der Waals surface area contributed by atoms with Crippen LogP contribution >= 0.6 is 58.0 Å². The van der Waals surface area contributed by atoms with Crippen molar-refractivity contribution in [1.82, 2.24) is 79.1 Å². The van der Waals surface area contributed by atoms with Crippen molar-refractivity contribution in [2.45, 2.75) is 142 Å². The lowest BCUT2D eigenvalue weighted by atomic mass is 10.0. The van der Waals surface area contributed by atoms with Crippen LogP contribution in [0, 0.1) is 33.5 Å². The topological polar surface area (TPSA) is 314 Å². The van der Waals surface area contributed by atoms with Crippen LogP contribution in [-0.4, -0.2) is 262 Å². The zero-order valence-corrected chi connectivity index (χ0v) is 90.8. The van der Waals surface area contributed by atoms with Crippen LogP contribution in [0.1, 0.15) is 142 Å². The van der Waals surface area contributed by atoms with Gasteiger partial charge in [0.05, 0.1) is 79.5 Å². The summed E-state index contributed by atoms with van der Waals surface area (Å²) in [6.07, 6.45) is 10.6. The molecule has 16 rings (SSSR count). The van der Waals surface area contributed by atoms with Crippen molar-refractivity contribution in [2.24, 2.45) is 0 Å². The first-order valence-electron chi connectivity index (χ1n) is 48.8. The molecular weight excluding hydrogens is 1990 g/mol. The Labute approximate surface area is 882 Å². The lowest BCUT2D eigenvalue weighted by Crippen LogP contribution is -2.47. The largest absolute Gasteiger partial charge is 0.340 e. The number of benzene rings is 8. The van der Waals surface area contributed by atoms with Crippen molar-refractivity contribution in [2.75, 3.05) is 154 Å². The normalized spacial score (nSPS) is 14.6.